The molecule has 4 nitrogen and oxygen atoms in total. The molecule has 0 amide bonds. The van der Waals surface area contributed by atoms with Crippen LogP contribution >= 0.6 is 0 Å². The van der Waals surface area contributed by atoms with Gasteiger partial charge in [-0.2, -0.15) is 0 Å². The molecule has 1 saturated heterocycles. The van der Waals surface area contributed by atoms with E-state index < -0.39 is 0 Å². The van der Waals surface area contributed by atoms with Crippen LogP contribution in [0.2, 0.25) is 0 Å². The summed E-state index contributed by atoms with van der Waals surface area (Å²) in [6.45, 7) is 7.97. The Morgan fingerprint density at radius 2 is 1.76 bits per heavy atom. The molecule has 0 saturated carbocycles. The molecule has 1 aromatic heterocycles. The lowest BCUT2D eigenvalue weighted by atomic mass is 9.89. The average Bonchev–Trinajstić information content (AvgIpc) is 2.30. The van der Waals surface area contributed by atoms with Crippen molar-refractivity contribution in [3.63, 3.8) is 0 Å². The minimum atomic E-state index is 0.0806. The van der Waals surface area contributed by atoms with Crippen LogP contribution in [0.5, 0.6) is 6.01 Å². The summed E-state index contributed by atoms with van der Waals surface area (Å²) >= 11 is 0. The van der Waals surface area contributed by atoms with Crippen LogP contribution in [-0.2, 0) is 10.2 Å². The van der Waals surface area contributed by atoms with Crippen molar-refractivity contribution >= 4 is 0 Å². The predicted molar refractivity (Wildman–Crippen MR) is 65.2 cm³/mol. The minimum Gasteiger partial charge on any atom is -0.460 e. The van der Waals surface area contributed by atoms with E-state index in [2.05, 4.69) is 30.7 Å². The number of ether oxygens (including phenoxy) is 2. The second kappa shape index (κ2) is 5.00. The molecule has 1 aliphatic heterocycles. The van der Waals surface area contributed by atoms with E-state index in [1.807, 2.05) is 12.4 Å². The van der Waals surface area contributed by atoms with Gasteiger partial charge in [-0.05, 0) is 11.0 Å². The lowest BCUT2D eigenvalue weighted by molar-refractivity contribution is 0.0216. The van der Waals surface area contributed by atoms with Gasteiger partial charge in [-0.15, -0.1) is 0 Å². The number of hydrogen-bond acceptors (Lipinski definition) is 4. The van der Waals surface area contributed by atoms with Crippen molar-refractivity contribution in [1.29, 1.82) is 0 Å². The van der Waals surface area contributed by atoms with Crippen LogP contribution in [0, 0.1) is 0 Å². The maximum absolute atomic E-state index is 5.72. The maximum Gasteiger partial charge on any atom is 0.316 e. The molecule has 0 bridgehead atoms. The molecule has 0 spiro atoms. The molecule has 0 atom stereocenters. The third-order valence-corrected chi connectivity index (χ3v) is 2.93. The van der Waals surface area contributed by atoms with Crippen molar-refractivity contribution in [2.24, 2.45) is 0 Å². The Hall–Kier alpha value is -1.16. The first kappa shape index (κ1) is 12.3. The topological polar surface area (TPSA) is 44.2 Å². The molecular formula is C13H20N2O2. The largest absolute Gasteiger partial charge is 0.460 e. The molecule has 94 valence electrons. The van der Waals surface area contributed by atoms with Gasteiger partial charge < -0.3 is 9.47 Å². The van der Waals surface area contributed by atoms with Crippen LogP contribution in [0.15, 0.2) is 12.4 Å². The normalized spacial score (nSPS) is 18.1. The third-order valence-electron chi connectivity index (χ3n) is 2.93. The van der Waals surface area contributed by atoms with Crippen molar-refractivity contribution in [1.82, 2.24) is 9.97 Å². The number of aromatic nitrogens is 2. The second-order valence-electron chi connectivity index (χ2n) is 5.43. The van der Waals surface area contributed by atoms with Gasteiger partial charge in [0.15, 0.2) is 0 Å². The summed E-state index contributed by atoms with van der Waals surface area (Å²) in [4.78, 5) is 8.53. The Labute approximate surface area is 102 Å². The molecule has 0 aromatic carbocycles. The average molecular weight is 236 g/mol. The van der Waals surface area contributed by atoms with E-state index in [1.165, 1.54) is 0 Å². The van der Waals surface area contributed by atoms with E-state index in [0.717, 1.165) is 31.6 Å². The zero-order valence-electron chi connectivity index (χ0n) is 10.8. The predicted octanol–water partition coefficient (Wildman–Crippen LogP) is 2.33. The van der Waals surface area contributed by atoms with Gasteiger partial charge in [0, 0.05) is 25.2 Å². The summed E-state index contributed by atoms with van der Waals surface area (Å²) in [5.41, 5.74) is 1.20. The quantitative estimate of drug-likeness (QED) is 0.790. The van der Waals surface area contributed by atoms with Crippen LogP contribution in [0.4, 0.5) is 0 Å². The van der Waals surface area contributed by atoms with Crippen molar-refractivity contribution in [2.75, 3.05) is 13.2 Å². The van der Waals surface area contributed by atoms with Crippen molar-refractivity contribution < 1.29 is 9.47 Å². The third kappa shape index (κ3) is 3.40. The van der Waals surface area contributed by atoms with Gasteiger partial charge in [-0.1, -0.05) is 20.8 Å². The molecule has 0 aliphatic carbocycles. The lowest BCUT2D eigenvalue weighted by Gasteiger charge is -2.22. The van der Waals surface area contributed by atoms with Crippen LogP contribution < -0.4 is 4.74 Å². The van der Waals surface area contributed by atoms with Gasteiger partial charge >= 0.3 is 6.01 Å². The highest BCUT2D eigenvalue weighted by atomic mass is 16.5. The summed E-state index contributed by atoms with van der Waals surface area (Å²) in [6.07, 6.45) is 5.74. The molecular weight excluding hydrogens is 216 g/mol. The van der Waals surface area contributed by atoms with Crippen molar-refractivity contribution in [3.8, 4) is 6.01 Å². The Balaban J connectivity index is 1.98. The molecule has 0 radical (unpaired) electrons. The fourth-order valence-corrected chi connectivity index (χ4v) is 1.71. The van der Waals surface area contributed by atoms with E-state index in [9.17, 15) is 0 Å². The van der Waals surface area contributed by atoms with Gasteiger partial charge in [-0.3, -0.25) is 0 Å². The first-order valence-corrected chi connectivity index (χ1v) is 6.12. The molecule has 17 heavy (non-hydrogen) atoms. The SMILES string of the molecule is CC(C)(C)c1cnc(OC2CCOCC2)nc1. The van der Waals surface area contributed by atoms with E-state index in [0.29, 0.717) is 6.01 Å². The number of nitrogens with zero attached hydrogens (tertiary/aromatic N) is 2. The molecule has 1 aliphatic rings. The fraction of sp³-hybridized carbons (Fsp3) is 0.692. The van der Waals surface area contributed by atoms with Gasteiger partial charge in [0.25, 0.3) is 0 Å². The highest BCUT2D eigenvalue weighted by molar-refractivity contribution is 5.16. The summed E-state index contributed by atoms with van der Waals surface area (Å²) in [6, 6.07) is 0.477. The summed E-state index contributed by atoms with van der Waals surface area (Å²) < 4.78 is 11.0. The highest BCUT2D eigenvalue weighted by Crippen LogP contribution is 2.21. The zero-order valence-corrected chi connectivity index (χ0v) is 10.8. The Kier molecular flexibility index (Phi) is 3.62. The molecule has 1 aromatic rings. The summed E-state index contributed by atoms with van der Waals surface area (Å²) in [7, 11) is 0. The van der Waals surface area contributed by atoms with Crippen LogP contribution in [0.1, 0.15) is 39.2 Å². The van der Waals surface area contributed by atoms with E-state index in [4.69, 9.17) is 9.47 Å². The molecule has 0 unspecified atom stereocenters. The van der Waals surface area contributed by atoms with Gasteiger partial charge in [0.05, 0.1) is 13.2 Å². The highest BCUT2D eigenvalue weighted by Gasteiger charge is 2.18. The molecule has 2 rings (SSSR count). The van der Waals surface area contributed by atoms with Crippen molar-refractivity contribution in [2.45, 2.75) is 45.1 Å². The molecule has 0 N–H and O–H groups in total. The Morgan fingerprint density at radius 1 is 1.18 bits per heavy atom. The van der Waals surface area contributed by atoms with E-state index >= 15 is 0 Å². The van der Waals surface area contributed by atoms with Gasteiger partial charge in [-0.25, -0.2) is 9.97 Å². The Morgan fingerprint density at radius 3 is 2.29 bits per heavy atom. The lowest BCUT2D eigenvalue weighted by Crippen LogP contribution is -2.26. The molecule has 4 heteroatoms. The van der Waals surface area contributed by atoms with Crippen molar-refractivity contribution in [3.05, 3.63) is 18.0 Å². The first-order valence-electron chi connectivity index (χ1n) is 6.12. The van der Waals surface area contributed by atoms with E-state index in [-0.39, 0.29) is 11.5 Å². The smallest absolute Gasteiger partial charge is 0.316 e. The molecule has 2 heterocycles. The van der Waals surface area contributed by atoms with Crippen LogP contribution in [-0.4, -0.2) is 29.3 Å². The van der Waals surface area contributed by atoms with Gasteiger partial charge in [0.2, 0.25) is 0 Å². The standard InChI is InChI=1S/C13H20N2O2/c1-13(2,3)10-8-14-12(15-9-10)17-11-4-6-16-7-5-11/h8-9,11H,4-7H2,1-3H3. The summed E-state index contributed by atoms with van der Waals surface area (Å²) in [5, 5.41) is 0. The first-order chi connectivity index (χ1) is 8.05. The molecule has 1 fully saturated rings. The van der Waals surface area contributed by atoms with Gasteiger partial charge in [0.1, 0.15) is 6.10 Å². The van der Waals surface area contributed by atoms with Crippen LogP contribution in [0.25, 0.3) is 0 Å². The number of rotatable bonds is 2. The second-order valence-corrected chi connectivity index (χ2v) is 5.43. The summed E-state index contributed by atoms with van der Waals surface area (Å²) in [5.74, 6) is 0. The Bertz CT molecular complexity index is 351. The fourth-order valence-electron chi connectivity index (χ4n) is 1.71. The monoisotopic (exact) mass is 236 g/mol. The minimum absolute atomic E-state index is 0.0806. The van der Waals surface area contributed by atoms with Crippen LogP contribution in [0.3, 0.4) is 0 Å². The number of hydrogen-bond donors (Lipinski definition) is 0. The maximum atomic E-state index is 5.72. The zero-order chi connectivity index (χ0) is 12.3. The van der Waals surface area contributed by atoms with E-state index in [1.54, 1.807) is 0 Å².